The van der Waals surface area contributed by atoms with Crippen molar-refractivity contribution in [1.82, 2.24) is 5.32 Å². The second-order valence-corrected chi connectivity index (χ2v) is 12.1. The predicted molar refractivity (Wildman–Crippen MR) is 166 cm³/mol. The lowest BCUT2D eigenvalue weighted by Gasteiger charge is -2.31. The van der Waals surface area contributed by atoms with Gasteiger partial charge in [-0.1, -0.05) is 113 Å². The van der Waals surface area contributed by atoms with Crippen molar-refractivity contribution in [1.29, 1.82) is 0 Å². The van der Waals surface area contributed by atoms with Crippen molar-refractivity contribution in [2.24, 2.45) is 0 Å². The lowest BCUT2D eigenvalue weighted by molar-refractivity contribution is -0.342. The summed E-state index contributed by atoms with van der Waals surface area (Å²) in [6.45, 7) is 2.30. The zero-order chi connectivity index (χ0) is 30.3. The number of allylic oxidation sites excluding steroid dienone is 2. The van der Waals surface area contributed by atoms with Gasteiger partial charge >= 0.3 is 0 Å². The monoisotopic (exact) mass is 599 g/mol. The summed E-state index contributed by atoms with van der Waals surface area (Å²) in [6.07, 6.45) is 20.7. The SMILES string of the molecule is CCCCCCCC/C=C\CCCCCCCC(=O)N[C@@H](COP(=O)([O-])[O-])Cc1ccc(OCc2ccccc2)cc1. The lowest BCUT2D eigenvalue weighted by atomic mass is 10.1. The van der Waals surface area contributed by atoms with Gasteiger partial charge in [0.2, 0.25) is 5.91 Å². The third kappa shape index (κ3) is 18.9. The van der Waals surface area contributed by atoms with Crippen LogP contribution in [0, 0.1) is 0 Å². The molecule has 42 heavy (non-hydrogen) atoms. The first-order chi connectivity index (χ1) is 20.4. The van der Waals surface area contributed by atoms with Gasteiger partial charge in [0.05, 0.1) is 20.5 Å². The van der Waals surface area contributed by atoms with Gasteiger partial charge in [-0.15, -0.1) is 0 Å². The Kier molecular flexibility index (Phi) is 18.9. The van der Waals surface area contributed by atoms with Crippen LogP contribution in [0.4, 0.5) is 0 Å². The zero-order valence-corrected chi connectivity index (χ0v) is 26.2. The summed E-state index contributed by atoms with van der Waals surface area (Å²) in [4.78, 5) is 34.7. The van der Waals surface area contributed by atoms with Gasteiger partial charge in [0.15, 0.2) is 0 Å². The van der Waals surface area contributed by atoms with Crippen LogP contribution in [0.15, 0.2) is 66.7 Å². The van der Waals surface area contributed by atoms with Crippen LogP contribution in [-0.4, -0.2) is 18.6 Å². The molecule has 2 aromatic rings. The van der Waals surface area contributed by atoms with E-state index in [4.69, 9.17) is 4.74 Å². The molecule has 1 atom stereocenters. The minimum absolute atomic E-state index is 0.171. The van der Waals surface area contributed by atoms with Crippen molar-refractivity contribution >= 4 is 13.7 Å². The van der Waals surface area contributed by atoms with Gasteiger partial charge < -0.3 is 28.9 Å². The van der Waals surface area contributed by atoms with Crippen molar-refractivity contribution in [3.8, 4) is 5.75 Å². The molecule has 2 aromatic carbocycles. The molecule has 1 amide bonds. The van der Waals surface area contributed by atoms with E-state index in [0.717, 1.165) is 43.2 Å². The molecule has 8 heteroatoms. The molecule has 0 saturated heterocycles. The number of phosphoric acid groups is 1. The van der Waals surface area contributed by atoms with E-state index in [1.54, 1.807) is 0 Å². The minimum Gasteiger partial charge on any atom is -0.790 e. The standard InChI is InChI=1S/C34H52NO6P/c1-2-3-4-5-6-7-8-9-10-11-12-13-14-15-19-22-34(36)35-32(29-41-42(37,38)39)27-30-23-25-33(26-24-30)40-28-31-20-17-16-18-21-31/h9-10,16-18,20-21,23-26,32H,2-8,11-15,19,22,27-29H2,1H3,(H,35,36)(H2,37,38,39)/p-2/b10-9-/t32-/m1/s1. The van der Waals surface area contributed by atoms with Crippen molar-refractivity contribution < 1.29 is 28.4 Å². The van der Waals surface area contributed by atoms with Gasteiger partial charge in [-0.05, 0) is 61.8 Å². The Morgan fingerprint density at radius 1 is 0.810 bits per heavy atom. The fourth-order valence-electron chi connectivity index (χ4n) is 4.74. The number of phosphoric ester groups is 1. The predicted octanol–water partition coefficient (Wildman–Crippen LogP) is 7.18. The number of unbranched alkanes of at least 4 members (excludes halogenated alkanes) is 11. The third-order valence-corrected chi connectivity index (χ3v) is 7.58. The van der Waals surface area contributed by atoms with Gasteiger partial charge in [0.25, 0.3) is 0 Å². The quantitative estimate of drug-likeness (QED) is 0.0778. The summed E-state index contributed by atoms with van der Waals surface area (Å²) in [6, 6.07) is 16.6. The van der Waals surface area contributed by atoms with E-state index >= 15 is 0 Å². The van der Waals surface area contributed by atoms with Crippen LogP contribution in [0.1, 0.15) is 108 Å². The Labute approximate surface area is 253 Å². The molecule has 0 aliphatic rings. The van der Waals surface area contributed by atoms with E-state index in [0.29, 0.717) is 25.2 Å². The van der Waals surface area contributed by atoms with Crippen molar-refractivity contribution in [3.05, 3.63) is 77.9 Å². The van der Waals surface area contributed by atoms with E-state index < -0.39 is 20.5 Å². The Morgan fingerprint density at radius 2 is 1.40 bits per heavy atom. The number of carbonyl (C=O) groups is 1. The topological polar surface area (TPSA) is 111 Å². The first kappa shape index (κ1) is 35.8. The fraction of sp³-hybridized carbons (Fsp3) is 0.559. The average Bonchev–Trinajstić information content (AvgIpc) is 2.97. The number of hydrogen-bond acceptors (Lipinski definition) is 6. The van der Waals surface area contributed by atoms with Crippen LogP contribution in [0.2, 0.25) is 0 Å². The highest BCUT2D eigenvalue weighted by molar-refractivity contribution is 7.43. The summed E-state index contributed by atoms with van der Waals surface area (Å²) in [5, 5.41) is 2.85. The van der Waals surface area contributed by atoms with Crippen LogP contribution in [0.3, 0.4) is 0 Å². The molecule has 234 valence electrons. The molecule has 0 bridgehead atoms. The molecule has 0 fully saturated rings. The summed E-state index contributed by atoms with van der Waals surface area (Å²) >= 11 is 0. The molecule has 7 nitrogen and oxygen atoms in total. The second-order valence-electron chi connectivity index (χ2n) is 11.0. The molecule has 0 aliphatic heterocycles. The highest BCUT2D eigenvalue weighted by atomic mass is 31.2. The Morgan fingerprint density at radius 3 is 2.02 bits per heavy atom. The van der Waals surface area contributed by atoms with Gasteiger partial charge in [-0.2, -0.15) is 0 Å². The van der Waals surface area contributed by atoms with Gasteiger partial charge in [-0.3, -0.25) is 4.79 Å². The Hall–Kier alpha value is -2.44. The zero-order valence-electron chi connectivity index (χ0n) is 25.3. The summed E-state index contributed by atoms with van der Waals surface area (Å²) < 4.78 is 21.4. The number of rotatable bonds is 24. The molecule has 2 rings (SSSR count). The average molecular weight is 600 g/mol. The van der Waals surface area contributed by atoms with Gasteiger partial charge in [0, 0.05) is 6.42 Å². The van der Waals surface area contributed by atoms with Gasteiger partial charge in [0.1, 0.15) is 12.4 Å². The normalized spacial score (nSPS) is 12.5. The molecular weight excluding hydrogens is 549 g/mol. The van der Waals surface area contributed by atoms with Crippen LogP contribution < -0.4 is 19.8 Å². The van der Waals surface area contributed by atoms with Crippen molar-refractivity contribution in [2.45, 2.75) is 116 Å². The lowest BCUT2D eigenvalue weighted by Crippen LogP contribution is -2.40. The number of benzene rings is 2. The maximum atomic E-state index is 12.6. The Balaban J connectivity index is 1.63. The maximum Gasteiger partial charge on any atom is 0.220 e. The van der Waals surface area contributed by atoms with Crippen LogP contribution in [0.25, 0.3) is 0 Å². The summed E-state index contributed by atoms with van der Waals surface area (Å²) in [5.41, 5.74) is 1.93. The third-order valence-electron chi connectivity index (χ3n) is 7.12. The molecule has 0 unspecified atom stereocenters. The second kappa shape index (κ2) is 22.1. The van der Waals surface area contributed by atoms with E-state index in [2.05, 4.69) is 28.9 Å². The molecule has 1 N–H and O–H groups in total. The summed E-state index contributed by atoms with van der Waals surface area (Å²) in [5.74, 6) is 0.530. The number of hydrogen-bond donors (Lipinski definition) is 1. The molecule has 0 aromatic heterocycles. The maximum absolute atomic E-state index is 12.6. The van der Waals surface area contributed by atoms with Crippen LogP contribution in [0.5, 0.6) is 5.75 Å². The smallest absolute Gasteiger partial charge is 0.220 e. The molecule has 0 spiro atoms. The fourth-order valence-corrected chi connectivity index (χ4v) is 5.10. The van der Waals surface area contributed by atoms with E-state index in [1.807, 2.05) is 54.6 Å². The van der Waals surface area contributed by atoms with E-state index in [-0.39, 0.29) is 5.91 Å². The number of carbonyl (C=O) groups excluding carboxylic acids is 1. The van der Waals surface area contributed by atoms with E-state index in [1.165, 1.54) is 51.4 Å². The molecule has 0 radical (unpaired) electrons. The highest BCUT2D eigenvalue weighted by Gasteiger charge is 2.14. The van der Waals surface area contributed by atoms with Gasteiger partial charge in [-0.25, -0.2) is 0 Å². The van der Waals surface area contributed by atoms with Crippen molar-refractivity contribution in [3.63, 3.8) is 0 Å². The summed E-state index contributed by atoms with van der Waals surface area (Å²) in [7, 11) is -5.14. The van der Waals surface area contributed by atoms with Crippen LogP contribution >= 0.6 is 7.82 Å². The number of ether oxygens (including phenoxy) is 1. The van der Waals surface area contributed by atoms with E-state index in [9.17, 15) is 19.1 Å². The minimum atomic E-state index is -5.14. The first-order valence-corrected chi connectivity index (χ1v) is 17.2. The molecular formula is C34H50NO6P-2. The van der Waals surface area contributed by atoms with Crippen molar-refractivity contribution in [2.75, 3.05) is 6.61 Å². The molecule has 0 aliphatic carbocycles. The number of amides is 1. The highest BCUT2D eigenvalue weighted by Crippen LogP contribution is 2.25. The van der Waals surface area contributed by atoms with Crippen LogP contribution in [-0.2, 0) is 26.9 Å². The largest absolute Gasteiger partial charge is 0.790 e. The molecule has 0 saturated carbocycles. The number of nitrogens with one attached hydrogen (secondary N) is 1. The first-order valence-electron chi connectivity index (χ1n) is 15.7. The molecule has 0 heterocycles. The Bertz CT molecular complexity index is 1040.